The molecule has 1 aromatic rings. The van der Waals surface area contributed by atoms with Crippen molar-refractivity contribution in [2.45, 2.75) is 58.0 Å². The molecule has 156 valence electrons. The summed E-state index contributed by atoms with van der Waals surface area (Å²) in [5.41, 5.74) is 3.20. The summed E-state index contributed by atoms with van der Waals surface area (Å²) in [4.78, 5) is 7.10. The smallest absolute Gasteiger partial charge is 0.193 e. The number of nitrogens with zero attached hydrogens (tertiary/aromatic N) is 2. The van der Waals surface area contributed by atoms with Crippen LogP contribution in [0.5, 0.6) is 0 Å². The Hall–Kier alpha value is -0.820. The number of aliphatic imine (C=N–C) groups is 1. The van der Waals surface area contributed by atoms with Crippen molar-refractivity contribution in [2.24, 2.45) is 16.3 Å². The summed E-state index contributed by atoms with van der Waals surface area (Å²) < 4.78 is 6.19. The maximum Gasteiger partial charge on any atom is 0.193 e. The first-order chi connectivity index (χ1) is 13.2. The number of aryl methyl sites for hydroxylation is 1. The summed E-state index contributed by atoms with van der Waals surface area (Å²) in [6, 6.07) is 8.86. The molecular formula is C23H36IN3O. The Morgan fingerprint density at radius 2 is 1.93 bits per heavy atom. The normalized spacial score (nSPS) is 27.1. The van der Waals surface area contributed by atoms with E-state index in [-0.39, 0.29) is 30.1 Å². The van der Waals surface area contributed by atoms with Crippen LogP contribution in [-0.4, -0.2) is 44.1 Å². The van der Waals surface area contributed by atoms with E-state index < -0.39 is 0 Å². The molecule has 3 fully saturated rings. The maximum absolute atomic E-state index is 6.19. The van der Waals surface area contributed by atoms with E-state index >= 15 is 0 Å². The Morgan fingerprint density at radius 3 is 2.64 bits per heavy atom. The highest BCUT2D eigenvalue weighted by Gasteiger charge is 2.41. The van der Waals surface area contributed by atoms with Gasteiger partial charge in [-0.3, -0.25) is 4.99 Å². The molecule has 1 saturated carbocycles. The predicted molar refractivity (Wildman–Crippen MR) is 126 cm³/mol. The number of likely N-dealkylation sites (tertiary alicyclic amines) is 1. The topological polar surface area (TPSA) is 36.9 Å². The van der Waals surface area contributed by atoms with Crippen LogP contribution >= 0.6 is 24.0 Å². The van der Waals surface area contributed by atoms with Crippen molar-refractivity contribution < 1.29 is 4.74 Å². The minimum atomic E-state index is 0. The number of guanidine groups is 1. The quantitative estimate of drug-likeness (QED) is 0.366. The van der Waals surface area contributed by atoms with Gasteiger partial charge in [-0.05, 0) is 50.0 Å². The van der Waals surface area contributed by atoms with Crippen molar-refractivity contribution in [1.29, 1.82) is 0 Å². The molecule has 2 unspecified atom stereocenters. The summed E-state index contributed by atoms with van der Waals surface area (Å²) in [6.45, 7) is 6.30. The number of hydrogen-bond acceptors (Lipinski definition) is 2. The molecule has 1 aliphatic carbocycles. The summed E-state index contributed by atoms with van der Waals surface area (Å²) in [7, 11) is 1.93. The van der Waals surface area contributed by atoms with Crippen molar-refractivity contribution >= 4 is 29.9 Å². The fourth-order valence-corrected chi connectivity index (χ4v) is 5.38. The Labute approximate surface area is 187 Å². The van der Waals surface area contributed by atoms with Crippen LogP contribution in [0.15, 0.2) is 29.3 Å². The van der Waals surface area contributed by atoms with Crippen LogP contribution in [0.2, 0.25) is 0 Å². The van der Waals surface area contributed by atoms with Crippen LogP contribution in [0.25, 0.3) is 0 Å². The Balaban J connectivity index is 0.00000225. The maximum atomic E-state index is 6.19. The molecule has 3 aliphatic rings. The van der Waals surface area contributed by atoms with Gasteiger partial charge in [-0.1, -0.05) is 42.7 Å². The molecule has 2 heterocycles. The van der Waals surface area contributed by atoms with Crippen molar-refractivity contribution in [3.8, 4) is 0 Å². The molecule has 1 aromatic carbocycles. The van der Waals surface area contributed by atoms with Crippen LogP contribution in [-0.2, 0) is 4.74 Å². The number of ether oxygens (including phenoxy) is 1. The van der Waals surface area contributed by atoms with E-state index in [1.54, 1.807) is 0 Å². The number of hydrogen-bond donors (Lipinski definition) is 1. The van der Waals surface area contributed by atoms with Crippen LogP contribution < -0.4 is 5.32 Å². The number of halogens is 1. The minimum absolute atomic E-state index is 0. The lowest BCUT2D eigenvalue weighted by molar-refractivity contribution is -0.0266. The number of benzene rings is 1. The average molecular weight is 497 g/mol. The molecule has 1 spiro atoms. The second-order valence-corrected chi connectivity index (χ2v) is 8.91. The summed E-state index contributed by atoms with van der Waals surface area (Å²) in [6.07, 6.45) is 9.55. The van der Waals surface area contributed by atoms with E-state index in [2.05, 4.69) is 46.4 Å². The molecule has 0 radical (unpaired) electrons. The highest BCUT2D eigenvalue weighted by atomic mass is 127. The number of nitrogens with one attached hydrogen (secondary N) is 1. The predicted octanol–water partition coefficient (Wildman–Crippen LogP) is 4.92. The zero-order valence-corrected chi connectivity index (χ0v) is 19.8. The van der Waals surface area contributed by atoms with Gasteiger partial charge in [0.05, 0.1) is 6.10 Å². The van der Waals surface area contributed by atoms with Gasteiger partial charge < -0.3 is 15.0 Å². The summed E-state index contributed by atoms with van der Waals surface area (Å²) in [5, 5.41) is 3.69. The Morgan fingerprint density at radius 1 is 1.18 bits per heavy atom. The SMILES string of the molecule is CN=C(NCC1CCCOC1c1ccc(C)cc1)N1CCC2(CCCC2)C1.I. The van der Waals surface area contributed by atoms with Crippen LogP contribution in [0, 0.1) is 18.3 Å². The van der Waals surface area contributed by atoms with Gasteiger partial charge in [-0.2, -0.15) is 0 Å². The second kappa shape index (κ2) is 9.79. The fraction of sp³-hybridized carbons (Fsp3) is 0.696. The van der Waals surface area contributed by atoms with Crippen molar-refractivity contribution in [3.63, 3.8) is 0 Å². The third-order valence-corrected chi connectivity index (χ3v) is 6.99. The molecule has 2 saturated heterocycles. The van der Waals surface area contributed by atoms with E-state index in [9.17, 15) is 0 Å². The van der Waals surface area contributed by atoms with Crippen LogP contribution in [0.4, 0.5) is 0 Å². The zero-order valence-electron chi connectivity index (χ0n) is 17.5. The lowest BCUT2D eigenvalue weighted by Gasteiger charge is -2.33. The first-order valence-corrected chi connectivity index (χ1v) is 10.8. The molecule has 28 heavy (non-hydrogen) atoms. The molecular weight excluding hydrogens is 461 g/mol. The molecule has 0 aromatic heterocycles. The van der Waals surface area contributed by atoms with Gasteiger partial charge >= 0.3 is 0 Å². The van der Waals surface area contributed by atoms with E-state index in [4.69, 9.17) is 4.74 Å². The standard InChI is InChI=1S/C23H35N3O.HI/c1-18-7-9-19(10-8-18)21-20(6-5-15-27-21)16-25-22(24-2)26-14-13-23(17-26)11-3-4-12-23;/h7-10,20-21H,3-6,11-17H2,1-2H3,(H,24,25);1H. The lowest BCUT2D eigenvalue weighted by atomic mass is 9.86. The first-order valence-electron chi connectivity index (χ1n) is 10.8. The third kappa shape index (κ3) is 4.84. The third-order valence-electron chi connectivity index (χ3n) is 6.99. The number of rotatable bonds is 3. The van der Waals surface area contributed by atoms with Gasteiger partial charge in [0.1, 0.15) is 0 Å². The molecule has 2 aliphatic heterocycles. The molecule has 5 heteroatoms. The first kappa shape index (κ1) is 21.9. The van der Waals surface area contributed by atoms with Crippen LogP contribution in [0.1, 0.15) is 62.2 Å². The van der Waals surface area contributed by atoms with Gasteiger partial charge in [-0.25, -0.2) is 0 Å². The van der Waals surface area contributed by atoms with Gasteiger partial charge in [-0.15, -0.1) is 24.0 Å². The Kier molecular flexibility index (Phi) is 7.65. The zero-order chi connectivity index (χ0) is 18.7. The van der Waals surface area contributed by atoms with Crippen molar-refractivity contribution in [2.75, 3.05) is 33.3 Å². The minimum Gasteiger partial charge on any atom is -0.373 e. The van der Waals surface area contributed by atoms with Crippen molar-refractivity contribution in [3.05, 3.63) is 35.4 Å². The van der Waals surface area contributed by atoms with Gasteiger partial charge in [0.25, 0.3) is 0 Å². The molecule has 4 nitrogen and oxygen atoms in total. The molecule has 0 bridgehead atoms. The molecule has 0 amide bonds. The van der Waals surface area contributed by atoms with Gasteiger partial charge in [0, 0.05) is 39.2 Å². The lowest BCUT2D eigenvalue weighted by Crippen LogP contribution is -2.44. The molecule has 2 atom stereocenters. The van der Waals surface area contributed by atoms with E-state index in [1.807, 2.05) is 7.05 Å². The highest BCUT2D eigenvalue weighted by Crippen LogP contribution is 2.45. The fourth-order valence-electron chi connectivity index (χ4n) is 5.38. The van der Waals surface area contributed by atoms with Crippen molar-refractivity contribution in [1.82, 2.24) is 10.2 Å². The monoisotopic (exact) mass is 497 g/mol. The molecule has 1 N–H and O–H groups in total. The van der Waals surface area contributed by atoms with E-state index in [0.29, 0.717) is 11.3 Å². The Bertz CT molecular complexity index is 654. The van der Waals surface area contributed by atoms with Crippen LogP contribution in [0.3, 0.4) is 0 Å². The highest BCUT2D eigenvalue weighted by molar-refractivity contribution is 14.0. The van der Waals surface area contributed by atoms with Gasteiger partial charge in [0.2, 0.25) is 0 Å². The molecule has 4 rings (SSSR count). The second-order valence-electron chi connectivity index (χ2n) is 8.91. The van der Waals surface area contributed by atoms with E-state index in [1.165, 1.54) is 56.2 Å². The summed E-state index contributed by atoms with van der Waals surface area (Å²) in [5.74, 6) is 1.59. The summed E-state index contributed by atoms with van der Waals surface area (Å²) >= 11 is 0. The average Bonchev–Trinajstić information content (AvgIpc) is 3.33. The van der Waals surface area contributed by atoms with E-state index in [0.717, 1.165) is 32.1 Å². The largest absolute Gasteiger partial charge is 0.373 e. The van der Waals surface area contributed by atoms with Gasteiger partial charge in [0.15, 0.2) is 5.96 Å².